The van der Waals surface area contributed by atoms with Gasteiger partial charge < -0.3 is 9.84 Å². The summed E-state index contributed by atoms with van der Waals surface area (Å²) in [6.07, 6.45) is 5.84. The number of pyridine rings is 1. The third-order valence-corrected chi connectivity index (χ3v) is 7.31. The maximum atomic E-state index is 12.9. The molecule has 3 aromatic heterocycles. The van der Waals surface area contributed by atoms with E-state index in [1.807, 2.05) is 43.3 Å². The maximum absolute atomic E-state index is 12.9. The van der Waals surface area contributed by atoms with E-state index in [2.05, 4.69) is 20.4 Å². The number of nitrogens with one attached hydrogen (secondary N) is 1. The van der Waals surface area contributed by atoms with Crippen molar-refractivity contribution in [1.82, 2.24) is 23.8 Å². The van der Waals surface area contributed by atoms with Crippen LogP contribution in [0.15, 0.2) is 53.3 Å². The molecule has 0 aliphatic carbocycles. The van der Waals surface area contributed by atoms with Gasteiger partial charge in [0.2, 0.25) is 21.7 Å². The zero-order chi connectivity index (χ0) is 23.9. The number of aromatic nitrogens is 4. The van der Waals surface area contributed by atoms with Gasteiger partial charge in [0.25, 0.3) is 5.91 Å². The standard InChI is InChI=1S/C23H24N6O4S/c1-15-6-7-17(12-18(15)25-23(30)19-13-24-20-5-3-4-9-29(19)20)22-26-21(33-27-22)11-16-8-10-28(14-16)34(2,31)32/h3-7,9,12-13,16H,8,10-11,14H2,1-2H3,(H,25,30)/t16-/m1/s1. The summed E-state index contributed by atoms with van der Waals surface area (Å²) < 4.78 is 32.1. The fourth-order valence-electron chi connectivity index (χ4n) is 4.15. The van der Waals surface area contributed by atoms with Crippen LogP contribution in [0.5, 0.6) is 0 Å². The minimum atomic E-state index is -3.19. The van der Waals surface area contributed by atoms with Crippen molar-refractivity contribution in [3.63, 3.8) is 0 Å². The Balaban J connectivity index is 1.31. The topological polar surface area (TPSA) is 123 Å². The van der Waals surface area contributed by atoms with Gasteiger partial charge in [0, 0.05) is 37.0 Å². The van der Waals surface area contributed by atoms with Gasteiger partial charge in [-0.05, 0) is 43.0 Å². The second kappa shape index (κ2) is 8.65. The van der Waals surface area contributed by atoms with Crippen LogP contribution in [-0.2, 0) is 16.4 Å². The second-order valence-corrected chi connectivity index (χ2v) is 10.5. The molecule has 1 saturated heterocycles. The number of imidazole rings is 1. The van der Waals surface area contributed by atoms with Gasteiger partial charge in [0.15, 0.2) is 0 Å². The molecule has 1 amide bonds. The summed E-state index contributed by atoms with van der Waals surface area (Å²) in [6.45, 7) is 2.88. The molecular formula is C23H24N6O4S. The van der Waals surface area contributed by atoms with Crippen molar-refractivity contribution in [3.8, 4) is 11.4 Å². The van der Waals surface area contributed by atoms with E-state index in [0.717, 1.165) is 12.0 Å². The Morgan fingerprint density at radius 3 is 2.91 bits per heavy atom. The number of carbonyl (C=O) groups excluding carboxylic acids is 1. The Hall–Kier alpha value is -3.57. The van der Waals surface area contributed by atoms with Crippen molar-refractivity contribution < 1.29 is 17.7 Å². The van der Waals surface area contributed by atoms with Crippen LogP contribution in [0.2, 0.25) is 0 Å². The largest absolute Gasteiger partial charge is 0.339 e. The molecular weight excluding hydrogens is 456 g/mol. The molecule has 0 spiro atoms. The molecule has 4 heterocycles. The highest BCUT2D eigenvalue weighted by molar-refractivity contribution is 7.88. The van der Waals surface area contributed by atoms with Crippen molar-refractivity contribution in [3.05, 3.63) is 65.9 Å². The van der Waals surface area contributed by atoms with Crippen LogP contribution in [-0.4, -0.2) is 57.5 Å². The molecule has 1 aromatic carbocycles. The van der Waals surface area contributed by atoms with Crippen molar-refractivity contribution in [2.24, 2.45) is 5.92 Å². The van der Waals surface area contributed by atoms with E-state index in [9.17, 15) is 13.2 Å². The Kier molecular flexibility index (Phi) is 5.66. The normalized spacial score (nSPS) is 16.8. The number of aryl methyl sites for hydroxylation is 1. The Morgan fingerprint density at radius 2 is 2.12 bits per heavy atom. The van der Waals surface area contributed by atoms with E-state index in [1.165, 1.54) is 10.6 Å². The molecule has 0 unspecified atom stereocenters. The number of anilines is 1. The Morgan fingerprint density at radius 1 is 1.26 bits per heavy atom. The number of sulfonamides is 1. The zero-order valence-corrected chi connectivity index (χ0v) is 19.6. The quantitative estimate of drug-likeness (QED) is 0.450. The maximum Gasteiger partial charge on any atom is 0.274 e. The van der Waals surface area contributed by atoms with Gasteiger partial charge in [-0.1, -0.05) is 23.4 Å². The van der Waals surface area contributed by atoms with Crippen LogP contribution in [0.1, 0.15) is 28.4 Å². The molecule has 34 heavy (non-hydrogen) atoms. The minimum absolute atomic E-state index is 0.140. The summed E-state index contributed by atoms with van der Waals surface area (Å²) >= 11 is 0. The number of fused-ring (bicyclic) bond motifs is 1. The number of rotatable bonds is 6. The lowest BCUT2D eigenvalue weighted by Gasteiger charge is -2.12. The Bertz CT molecular complexity index is 1480. The summed E-state index contributed by atoms with van der Waals surface area (Å²) in [5.74, 6) is 0.747. The third-order valence-electron chi connectivity index (χ3n) is 6.04. The molecule has 1 fully saturated rings. The van der Waals surface area contributed by atoms with E-state index in [4.69, 9.17) is 4.52 Å². The van der Waals surface area contributed by atoms with Crippen LogP contribution < -0.4 is 5.32 Å². The van der Waals surface area contributed by atoms with E-state index in [0.29, 0.717) is 53.8 Å². The molecule has 10 nitrogen and oxygen atoms in total. The lowest BCUT2D eigenvalue weighted by Crippen LogP contribution is -2.27. The van der Waals surface area contributed by atoms with Crippen molar-refractivity contribution >= 4 is 27.3 Å². The SMILES string of the molecule is Cc1ccc(-c2noc(C[C@H]3CCN(S(C)(=O)=O)C3)n2)cc1NC(=O)c1cnc2ccccn12. The summed E-state index contributed by atoms with van der Waals surface area (Å²) in [5.41, 5.74) is 3.36. The Labute approximate surface area is 196 Å². The first-order valence-corrected chi connectivity index (χ1v) is 12.7. The third kappa shape index (κ3) is 4.44. The highest BCUT2D eigenvalue weighted by atomic mass is 32.2. The fraction of sp³-hybridized carbons (Fsp3) is 0.304. The molecule has 0 radical (unpaired) electrons. The number of benzene rings is 1. The highest BCUT2D eigenvalue weighted by Gasteiger charge is 2.30. The molecule has 0 saturated carbocycles. The summed E-state index contributed by atoms with van der Waals surface area (Å²) in [7, 11) is -3.19. The lowest BCUT2D eigenvalue weighted by atomic mass is 10.1. The lowest BCUT2D eigenvalue weighted by molar-refractivity contribution is 0.102. The number of hydrogen-bond donors (Lipinski definition) is 1. The zero-order valence-electron chi connectivity index (χ0n) is 18.8. The van der Waals surface area contributed by atoms with Crippen LogP contribution in [0, 0.1) is 12.8 Å². The first-order valence-electron chi connectivity index (χ1n) is 10.9. The molecule has 1 atom stereocenters. The monoisotopic (exact) mass is 480 g/mol. The van der Waals surface area contributed by atoms with Crippen molar-refractivity contribution in [1.29, 1.82) is 0 Å². The molecule has 1 aliphatic rings. The van der Waals surface area contributed by atoms with Gasteiger partial charge in [-0.15, -0.1) is 0 Å². The second-order valence-electron chi connectivity index (χ2n) is 8.55. The molecule has 0 bridgehead atoms. The average Bonchev–Trinajstić information content (AvgIpc) is 3.54. The highest BCUT2D eigenvalue weighted by Crippen LogP contribution is 2.26. The van der Waals surface area contributed by atoms with Crippen LogP contribution >= 0.6 is 0 Å². The summed E-state index contributed by atoms with van der Waals surface area (Å²) in [6, 6.07) is 11.1. The van der Waals surface area contributed by atoms with Gasteiger partial charge in [0.05, 0.1) is 12.5 Å². The van der Waals surface area contributed by atoms with E-state index in [1.54, 1.807) is 16.8 Å². The molecule has 1 aliphatic heterocycles. The van der Waals surface area contributed by atoms with Crippen LogP contribution in [0.25, 0.3) is 17.0 Å². The van der Waals surface area contributed by atoms with Crippen molar-refractivity contribution in [2.75, 3.05) is 24.7 Å². The average molecular weight is 481 g/mol. The number of amides is 1. The number of hydrogen-bond acceptors (Lipinski definition) is 7. The minimum Gasteiger partial charge on any atom is -0.339 e. The summed E-state index contributed by atoms with van der Waals surface area (Å²) in [4.78, 5) is 21.7. The smallest absolute Gasteiger partial charge is 0.274 e. The molecule has 11 heteroatoms. The van der Waals surface area contributed by atoms with E-state index in [-0.39, 0.29) is 11.8 Å². The number of nitrogens with zero attached hydrogens (tertiary/aromatic N) is 5. The predicted octanol–water partition coefficient (Wildman–Crippen LogP) is 2.77. The van der Waals surface area contributed by atoms with Gasteiger partial charge in [0.1, 0.15) is 11.3 Å². The number of carbonyl (C=O) groups is 1. The summed E-state index contributed by atoms with van der Waals surface area (Å²) in [5, 5.41) is 7.04. The predicted molar refractivity (Wildman–Crippen MR) is 126 cm³/mol. The molecule has 1 N–H and O–H groups in total. The van der Waals surface area contributed by atoms with Gasteiger partial charge >= 0.3 is 0 Å². The van der Waals surface area contributed by atoms with Crippen LogP contribution in [0.4, 0.5) is 5.69 Å². The van der Waals surface area contributed by atoms with Gasteiger partial charge in [-0.25, -0.2) is 17.7 Å². The van der Waals surface area contributed by atoms with Gasteiger partial charge in [-0.2, -0.15) is 4.98 Å². The van der Waals surface area contributed by atoms with Crippen LogP contribution in [0.3, 0.4) is 0 Å². The first-order chi connectivity index (χ1) is 16.3. The molecule has 176 valence electrons. The fourth-order valence-corrected chi connectivity index (χ4v) is 5.07. The van der Waals surface area contributed by atoms with E-state index < -0.39 is 10.0 Å². The van der Waals surface area contributed by atoms with E-state index >= 15 is 0 Å². The van der Waals surface area contributed by atoms with Crippen molar-refractivity contribution in [2.45, 2.75) is 19.8 Å². The molecule has 4 aromatic rings. The molecule has 5 rings (SSSR count). The first kappa shape index (κ1) is 22.2. The van der Waals surface area contributed by atoms with Gasteiger partial charge in [-0.3, -0.25) is 9.20 Å².